The van der Waals surface area contributed by atoms with Crippen molar-refractivity contribution >= 4 is 28.2 Å². The number of rotatable bonds is 4. The second kappa shape index (κ2) is 8.77. The van der Waals surface area contributed by atoms with Gasteiger partial charge in [0.2, 0.25) is 5.95 Å². The Hall–Kier alpha value is -3.76. The first kappa shape index (κ1) is 21.5. The Labute approximate surface area is 182 Å². The smallest absolute Gasteiger partial charge is 0.305 e. The minimum atomic E-state index is -0.561. The zero-order chi connectivity index (χ0) is 22.8. The molecule has 1 N–H and O–H groups in total. The van der Waals surface area contributed by atoms with Gasteiger partial charge in [-0.2, -0.15) is 0 Å². The number of halogens is 1. The van der Waals surface area contributed by atoms with Gasteiger partial charge < -0.3 is 19.5 Å². The fourth-order valence-corrected chi connectivity index (χ4v) is 4.02. The van der Waals surface area contributed by atoms with E-state index in [4.69, 9.17) is 4.74 Å². The summed E-state index contributed by atoms with van der Waals surface area (Å²) in [5.41, 5.74) is 0.527. The molecule has 10 nitrogen and oxygen atoms in total. The molecule has 0 aliphatic carbocycles. The molecule has 0 spiro atoms. The fraction of sp³-hybridized carbons (Fsp3) is 0.381. The number of hydrogen-bond donors (Lipinski definition) is 1. The average molecular weight is 442 g/mol. The molecule has 168 valence electrons. The summed E-state index contributed by atoms with van der Waals surface area (Å²) in [5.74, 6) is 0.167. The summed E-state index contributed by atoms with van der Waals surface area (Å²) >= 11 is 0. The second-order valence-electron chi connectivity index (χ2n) is 7.25. The highest BCUT2D eigenvalue weighted by molar-refractivity contribution is 5.91. The van der Waals surface area contributed by atoms with Gasteiger partial charge in [-0.25, -0.2) is 14.4 Å². The first-order valence-corrected chi connectivity index (χ1v) is 10.5. The highest BCUT2D eigenvalue weighted by Crippen LogP contribution is 2.41. The fourth-order valence-electron chi connectivity index (χ4n) is 4.02. The molecule has 2 aliphatic heterocycles. The lowest BCUT2D eigenvalue weighted by molar-refractivity contribution is -0.385. The van der Waals surface area contributed by atoms with Gasteiger partial charge in [0, 0.05) is 31.4 Å². The third-order valence-electron chi connectivity index (χ3n) is 5.41. The number of nitrogens with one attached hydrogen (secondary N) is 1. The molecule has 3 aromatic rings. The quantitative estimate of drug-likeness (QED) is 0.484. The molecule has 0 radical (unpaired) electrons. The van der Waals surface area contributed by atoms with Crippen molar-refractivity contribution in [3.63, 3.8) is 0 Å². The lowest BCUT2D eigenvalue weighted by atomic mass is 10.1. The van der Waals surface area contributed by atoms with Crippen molar-refractivity contribution < 1.29 is 14.1 Å². The van der Waals surface area contributed by atoms with E-state index in [0.29, 0.717) is 55.0 Å². The molecular weight excluding hydrogens is 419 g/mol. The summed E-state index contributed by atoms with van der Waals surface area (Å²) in [6, 6.07) is 2.65. The Kier molecular flexibility index (Phi) is 5.89. The van der Waals surface area contributed by atoms with Crippen LogP contribution < -0.4 is 20.4 Å². The van der Waals surface area contributed by atoms with Crippen LogP contribution in [0.15, 0.2) is 35.5 Å². The van der Waals surface area contributed by atoms with Crippen molar-refractivity contribution in [1.29, 1.82) is 0 Å². The number of aromatic nitrogens is 3. The van der Waals surface area contributed by atoms with Crippen molar-refractivity contribution in [3.8, 4) is 5.75 Å². The molecule has 0 amide bonds. The number of benzene rings is 1. The first-order valence-electron chi connectivity index (χ1n) is 10.5. The molecule has 1 fully saturated rings. The number of pyridine rings is 1. The summed E-state index contributed by atoms with van der Waals surface area (Å²) in [6.07, 6.45) is 4.68. The third-order valence-corrected chi connectivity index (χ3v) is 5.41. The lowest BCUT2D eigenvalue weighted by Crippen LogP contribution is -2.29. The molecule has 5 rings (SSSR count). The number of anilines is 2. The van der Waals surface area contributed by atoms with Crippen LogP contribution in [-0.2, 0) is 6.54 Å². The maximum atomic E-state index is 15.1. The molecule has 1 atom stereocenters. The number of nitrogens with zero attached hydrogens (tertiary/aromatic N) is 5. The van der Waals surface area contributed by atoms with Gasteiger partial charge in [0.25, 0.3) is 0 Å². The standard InChI is InChI=1S/C19H17FN6O4.C2H6/c20-14-7-13-15(27)2-4-24-5-6-30-18(16(13)24)17(14)25-3-1-11(10-25)23-19-21-8-12(9-22-19)26(28)29;1-2/h2,4,7-9,11H,1,3,5-6,10H2,(H,21,22,23);1-2H3. The third kappa shape index (κ3) is 3.81. The summed E-state index contributed by atoms with van der Waals surface area (Å²) in [6.45, 7) is 6.03. The highest BCUT2D eigenvalue weighted by Gasteiger charge is 2.31. The first-order chi connectivity index (χ1) is 15.5. The molecule has 2 aromatic heterocycles. The minimum absolute atomic E-state index is 0.0738. The van der Waals surface area contributed by atoms with Crippen molar-refractivity contribution in [3.05, 3.63) is 56.9 Å². The van der Waals surface area contributed by atoms with Crippen molar-refractivity contribution in [2.75, 3.05) is 29.9 Å². The molecule has 0 saturated carbocycles. The largest absolute Gasteiger partial charge is 0.487 e. The van der Waals surface area contributed by atoms with Crippen LogP contribution in [0, 0.1) is 15.9 Å². The second-order valence-corrected chi connectivity index (χ2v) is 7.25. The molecule has 1 unspecified atom stereocenters. The van der Waals surface area contributed by atoms with Crippen LogP contribution in [0.2, 0.25) is 0 Å². The summed E-state index contributed by atoms with van der Waals surface area (Å²) in [4.78, 5) is 32.2. The molecule has 0 bridgehead atoms. The molecule has 32 heavy (non-hydrogen) atoms. The van der Waals surface area contributed by atoms with Gasteiger partial charge in [-0.15, -0.1) is 0 Å². The monoisotopic (exact) mass is 442 g/mol. The number of hydrogen-bond acceptors (Lipinski definition) is 8. The number of ether oxygens (including phenoxy) is 1. The van der Waals surface area contributed by atoms with E-state index in [1.54, 1.807) is 6.20 Å². The maximum Gasteiger partial charge on any atom is 0.305 e. The minimum Gasteiger partial charge on any atom is -0.487 e. The predicted octanol–water partition coefficient (Wildman–Crippen LogP) is 2.95. The zero-order valence-electron chi connectivity index (χ0n) is 17.7. The maximum absolute atomic E-state index is 15.1. The van der Waals surface area contributed by atoms with E-state index in [9.17, 15) is 14.9 Å². The van der Waals surface area contributed by atoms with Crippen LogP contribution in [0.4, 0.5) is 21.7 Å². The van der Waals surface area contributed by atoms with Crippen LogP contribution in [0.1, 0.15) is 20.3 Å². The van der Waals surface area contributed by atoms with Crippen LogP contribution in [-0.4, -0.2) is 45.2 Å². The zero-order valence-corrected chi connectivity index (χ0v) is 17.7. The van der Waals surface area contributed by atoms with E-state index in [0.717, 1.165) is 12.4 Å². The van der Waals surface area contributed by atoms with Gasteiger partial charge in [0.1, 0.15) is 24.7 Å². The van der Waals surface area contributed by atoms with Crippen molar-refractivity contribution in [2.45, 2.75) is 32.9 Å². The van der Waals surface area contributed by atoms with E-state index < -0.39 is 10.7 Å². The van der Waals surface area contributed by atoms with Crippen LogP contribution in [0.5, 0.6) is 5.75 Å². The molecule has 11 heteroatoms. The molecule has 1 saturated heterocycles. The topological polar surface area (TPSA) is 115 Å². The predicted molar refractivity (Wildman–Crippen MR) is 118 cm³/mol. The van der Waals surface area contributed by atoms with Gasteiger partial charge in [0.05, 0.1) is 22.4 Å². The molecule has 2 aliphatic rings. The van der Waals surface area contributed by atoms with E-state index in [-0.39, 0.29) is 23.1 Å². The van der Waals surface area contributed by atoms with E-state index in [1.807, 2.05) is 23.3 Å². The molecule has 1 aromatic carbocycles. The van der Waals surface area contributed by atoms with Crippen molar-refractivity contribution in [1.82, 2.24) is 14.5 Å². The van der Waals surface area contributed by atoms with Gasteiger partial charge in [0.15, 0.2) is 17.0 Å². The van der Waals surface area contributed by atoms with Gasteiger partial charge in [-0.3, -0.25) is 14.9 Å². The Morgan fingerprint density at radius 1 is 1.28 bits per heavy atom. The SMILES string of the molecule is CC.O=c1ccn2c3c(c(N4CCC(Nc5ncc([N+](=O)[O-])cn5)C4)c(F)cc13)OCC2. The van der Waals surface area contributed by atoms with Crippen LogP contribution >= 0.6 is 0 Å². The number of nitro groups is 1. The van der Waals surface area contributed by atoms with Crippen LogP contribution in [0.25, 0.3) is 10.9 Å². The summed E-state index contributed by atoms with van der Waals surface area (Å²) in [7, 11) is 0. The lowest BCUT2D eigenvalue weighted by Gasteiger charge is -2.28. The highest BCUT2D eigenvalue weighted by atomic mass is 19.1. The van der Waals surface area contributed by atoms with E-state index in [2.05, 4.69) is 15.3 Å². The van der Waals surface area contributed by atoms with Gasteiger partial charge in [-0.05, 0) is 12.5 Å². The van der Waals surface area contributed by atoms with Gasteiger partial charge >= 0.3 is 5.69 Å². The Morgan fingerprint density at radius 2 is 2.03 bits per heavy atom. The average Bonchev–Trinajstić information content (AvgIpc) is 3.25. The van der Waals surface area contributed by atoms with Crippen molar-refractivity contribution in [2.24, 2.45) is 0 Å². The summed E-state index contributed by atoms with van der Waals surface area (Å²) < 4.78 is 22.8. The Morgan fingerprint density at radius 3 is 2.75 bits per heavy atom. The normalized spacial score (nSPS) is 16.8. The summed E-state index contributed by atoms with van der Waals surface area (Å²) in [5, 5.41) is 14.2. The van der Waals surface area contributed by atoms with E-state index >= 15 is 4.39 Å². The Bertz CT molecular complexity index is 1210. The molecular formula is C21H23FN6O4. The van der Waals surface area contributed by atoms with Gasteiger partial charge in [-0.1, -0.05) is 13.8 Å². The van der Waals surface area contributed by atoms with E-state index in [1.165, 1.54) is 12.1 Å². The Balaban J connectivity index is 0.00000119. The van der Waals surface area contributed by atoms with Crippen LogP contribution in [0.3, 0.4) is 0 Å². The molecule has 4 heterocycles.